The van der Waals surface area contributed by atoms with E-state index in [1.807, 2.05) is 0 Å². The minimum Gasteiger partial charge on any atom is -0.391 e. The van der Waals surface area contributed by atoms with Crippen molar-refractivity contribution in [3.8, 4) is 0 Å². The van der Waals surface area contributed by atoms with Crippen LogP contribution in [-0.4, -0.2) is 34.2 Å². The Kier molecular flexibility index (Phi) is 3.91. The minimum absolute atomic E-state index is 0.216. The van der Waals surface area contributed by atoms with Crippen molar-refractivity contribution in [1.29, 1.82) is 0 Å². The van der Waals surface area contributed by atoms with Gasteiger partial charge in [0.2, 0.25) is 0 Å². The van der Waals surface area contributed by atoms with Crippen LogP contribution in [-0.2, 0) is 12.8 Å². The van der Waals surface area contributed by atoms with E-state index in [1.165, 1.54) is 42.4 Å². The summed E-state index contributed by atoms with van der Waals surface area (Å²) >= 11 is 0. The minimum atomic E-state index is -0.216. The molecule has 0 spiro atoms. The van der Waals surface area contributed by atoms with Crippen LogP contribution in [0.3, 0.4) is 0 Å². The monoisotopic (exact) mass is 333 g/mol. The van der Waals surface area contributed by atoms with E-state index in [9.17, 15) is 5.11 Å². The number of fused-ring (bicyclic) bond motifs is 3. The molecule has 2 fully saturated rings. The summed E-state index contributed by atoms with van der Waals surface area (Å²) in [5.74, 6) is 0.697. The van der Waals surface area contributed by atoms with Crippen molar-refractivity contribution in [3.63, 3.8) is 0 Å². The lowest BCUT2D eigenvalue weighted by Gasteiger charge is -2.47. The number of aliphatic hydroxyl groups excluding tert-OH is 1. The van der Waals surface area contributed by atoms with Crippen LogP contribution in [0.4, 0.5) is 0 Å². The molecule has 2 aromatic rings. The van der Waals surface area contributed by atoms with Crippen LogP contribution >= 0.6 is 0 Å². The normalized spacial score (nSPS) is 34.7. The Morgan fingerprint density at radius 1 is 0.760 bits per heavy atom. The summed E-state index contributed by atoms with van der Waals surface area (Å²) in [6.45, 7) is 0. The lowest BCUT2D eigenvalue weighted by Crippen LogP contribution is -2.55. The molecule has 0 aromatic heterocycles. The van der Waals surface area contributed by atoms with Crippen molar-refractivity contribution in [3.05, 3.63) is 71.3 Å². The number of piperidine rings is 1. The summed E-state index contributed by atoms with van der Waals surface area (Å²) in [5.41, 5.74) is 4.30. The molecule has 2 bridgehead atoms. The Morgan fingerprint density at radius 3 is 2.04 bits per heavy atom. The SMILES string of the molecule is O[C@@H]1Cc2ccccc2C[C@H]1N1C2CCC1CC(c1ccccc1)C2. The summed E-state index contributed by atoms with van der Waals surface area (Å²) in [6, 6.07) is 21.3. The van der Waals surface area contributed by atoms with Crippen LogP contribution in [0.15, 0.2) is 54.6 Å². The molecular weight excluding hydrogens is 306 g/mol. The summed E-state index contributed by atoms with van der Waals surface area (Å²) in [4.78, 5) is 2.72. The average molecular weight is 333 g/mol. The second-order valence-electron chi connectivity index (χ2n) is 8.22. The number of benzene rings is 2. The molecule has 3 aliphatic rings. The summed E-state index contributed by atoms with van der Waals surface area (Å²) in [5, 5.41) is 10.9. The van der Waals surface area contributed by atoms with E-state index in [1.54, 1.807) is 0 Å². The quantitative estimate of drug-likeness (QED) is 0.900. The summed E-state index contributed by atoms with van der Waals surface area (Å²) in [6.07, 6.45) is 6.74. The highest BCUT2D eigenvalue weighted by Gasteiger charge is 2.46. The highest BCUT2D eigenvalue weighted by molar-refractivity contribution is 5.32. The first-order chi connectivity index (χ1) is 12.3. The maximum absolute atomic E-state index is 10.9. The number of aliphatic hydroxyl groups is 1. The van der Waals surface area contributed by atoms with Crippen molar-refractivity contribution < 1.29 is 5.11 Å². The standard InChI is InChI=1S/C23H27NO/c25-23-15-18-9-5-4-8-17(18)14-22(23)24-20-10-11-21(24)13-19(12-20)16-6-2-1-3-7-16/h1-9,19-23,25H,10-15H2/t19?,20?,21?,22-,23-/m1/s1. The van der Waals surface area contributed by atoms with Crippen LogP contribution < -0.4 is 0 Å². The third-order valence-electron chi connectivity index (χ3n) is 6.86. The van der Waals surface area contributed by atoms with Crippen molar-refractivity contribution in [2.75, 3.05) is 0 Å². The van der Waals surface area contributed by atoms with Crippen LogP contribution in [0, 0.1) is 0 Å². The molecule has 0 amide bonds. The molecule has 2 nitrogen and oxygen atoms in total. The van der Waals surface area contributed by atoms with Crippen molar-refractivity contribution >= 4 is 0 Å². The Labute approximate surface area is 150 Å². The zero-order valence-corrected chi connectivity index (χ0v) is 14.7. The van der Waals surface area contributed by atoms with Gasteiger partial charge in [-0.1, -0.05) is 54.6 Å². The van der Waals surface area contributed by atoms with E-state index in [4.69, 9.17) is 0 Å². The molecule has 2 heteroatoms. The van der Waals surface area contributed by atoms with Gasteiger partial charge in [0, 0.05) is 24.5 Å². The zero-order valence-electron chi connectivity index (χ0n) is 14.7. The molecule has 25 heavy (non-hydrogen) atoms. The van der Waals surface area contributed by atoms with Gasteiger partial charge in [0.25, 0.3) is 0 Å². The largest absolute Gasteiger partial charge is 0.391 e. The number of nitrogens with zero attached hydrogens (tertiary/aromatic N) is 1. The Bertz CT molecular complexity index is 729. The first-order valence-corrected chi connectivity index (χ1v) is 9.87. The zero-order chi connectivity index (χ0) is 16.8. The van der Waals surface area contributed by atoms with E-state index in [0.29, 0.717) is 24.0 Å². The predicted octanol–water partition coefficient (Wildman–Crippen LogP) is 3.93. The molecule has 2 unspecified atom stereocenters. The van der Waals surface area contributed by atoms with Gasteiger partial charge in [0.15, 0.2) is 0 Å². The lowest BCUT2D eigenvalue weighted by atomic mass is 9.80. The first kappa shape index (κ1) is 15.6. The molecule has 2 aliphatic heterocycles. The van der Waals surface area contributed by atoms with E-state index >= 15 is 0 Å². The maximum atomic E-state index is 10.9. The molecule has 5 rings (SSSR count). The topological polar surface area (TPSA) is 23.5 Å². The average Bonchev–Trinajstić information content (AvgIpc) is 2.91. The van der Waals surface area contributed by atoms with Gasteiger partial charge < -0.3 is 5.11 Å². The molecule has 2 aromatic carbocycles. The third-order valence-corrected chi connectivity index (χ3v) is 6.86. The molecule has 2 heterocycles. The third kappa shape index (κ3) is 2.72. The molecule has 1 N–H and O–H groups in total. The van der Waals surface area contributed by atoms with Gasteiger partial charge in [-0.15, -0.1) is 0 Å². The molecule has 1 aliphatic carbocycles. The molecule has 0 radical (unpaired) electrons. The van der Waals surface area contributed by atoms with E-state index in [-0.39, 0.29) is 6.10 Å². The van der Waals surface area contributed by atoms with Gasteiger partial charge >= 0.3 is 0 Å². The van der Waals surface area contributed by atoms with E-state index in [2.05, 4.69) is 59.5 Å². The van der Waals surface area contributed by atoms with Crippen molar-refractivity contribution in [2.24, 2.45) is 0 Å². The van der Waals surface area contributed by atoms with Gasteiger partial charge in [-0.05, 0) is 54.7 Å². The summed E-state index contributed by atoms with van der Waals surface area (Å²) < 4.78 is 0. The highest BCUT2D eigenvalue weighted by atomic mass is 16.3. The smallest absolute Gasteiger partial charge is 0.0739 e. The van der Waals surface area contributed by atoms with E-state index in [0.717, 1.165) is 12.8 Å². The summed E-state index contributed by atoms with van der Waals surface area (Å²) in [7, 11) is 0. The lowest BCUT2D eigenvalue weighted by molar-refractivity contribution is -0.00659. The van der Waals surface area contributed by atoms with Crippen LogP contribution in [0.5, 0.6) is 0 Å². The fraction of sp³-hybridized carbons (Fsp3) is 0.478. The molecule has 0 saturated carbocycles. The van der Waals surface area contributed by atoms with Crippen molar-refractivity contribution in [2.45, 2.75) is 68.7 Å². The Morgan fingerprint density at radius 2 is 1.36 bits per heavy atom. The highest BCUT2D eigenvalue weighted by Crippen LogP contribution is 2.45. The Balaban J connectivity index is 1.38. The molecule has 2 saturated heterocycles. The predicted molar refractivity (Wildman–Crippen MR) is 101 cm³/mol. The van der Waals surface area contributed by atoms with Gasteiger partial charge in [-0.3, -0.25) is 4.90 Å². The van der Waals surface area contributed by atoms with Crippen LogP contribution in [0.25, 0.3) is 0 Å². The Hall–Kier alpha value is -1.64. The molecule has 130 valence electrons. The molecular formula is C23H27NO. The van der Waals surface area contributed by atoms with E-state index < -0.39 is 0 Å². The number of hydrogen-bond acceptors (Lipinski definition) is 2. The van der Waals surface area contributed by atoms with Gasteiger partial charge in [-0.2, -0.15) is 0 Å². The number of rotatable bonds is 2. The van der Waals surface area contributed by atoms with Gasteiger partial charge in [0.1, 0.15) is 0 Å². The molecule has 4 atom stereocenters. The van der Waals surface area contributed by atoms with Gasteiger partial charge in [-0.25, -0.2) is 0 Å². The fourth-order valence-corrected chi connectivity index (χ4v) is 5.73. The first-order valence-electron chi connectivity index (χ1n) is 9.87. The van der Waals surface area contributed by atoms with Crippen LogP contribution in [0.2, 0.25) is 0 Å². The fourth-order valence-electron chi connectivity index (χ4n) is 5.73. The van der Waals surface area contributed by atoms with Gasteiger partial charge in [0.05, 0.1) is 6.10 Å². The van der Waals surface area contributed by atoms with Crippen LogP contribution in [0.1, 0.15) is 48.3 Å². The second kappa shape index (κ2) is 6.26. The number of hydrogen-bond donors (Lipinski definition) is 1. The second-order valence-corrected chi connectivity index (χ2v) is 8.22. The maximum Gasteiger partial charge on any atom is 0.0739 e. The van der Waals surface area contributed by atoms with Crippen molar-refractivity contribution in [1.82, 2.24) is 4.90 Å².